The molecule has 2 atom stereocenters. The molecule has 1 aromatic heterocycles. The summed E-state index contributed by atoms with van der Waals surface area (Å²) >= 11 is 0. The van der Waals surface area contributed by atoms with Crippen LogP contribution in [0.2, 0.25) is 0 Å². The molecule has 118 valence electrons. The van der Waals surface area contributed by atoms with Crippen LogP contribution in [0.4, 0.5) is 0 Å². The molecule has 2 rings (SSSR count). The lowest BCUT2D eigenvalue weighted by atomic mass is 10.2. The second-order valence-electron chi connectivity index (χ2n) is 5.46. The first-order chi connectivity index (χ1) is 9.64. The van der Waals surface area contributed by atoms with Gasteiger partial charge < -0.3 is 14.8 Å². The maximum absolute atomic E-state index is 12.8. The van der Waals surface area contributed by atoms with Crippen LogP contribution < -0.4 is 0 Å². The van der Waals surface area contributed by atoms with Crippen LogP contribution in [0.3, 0.4) is 0 Å². The van der Waals surface area contributed by atoms with E-state index in [4.69, 9.17) is 9.84 Å². The lowest BCUT2D eigenvalue weighted by Crippen LogP contribution is -2.48. The normalized spacial score (nSPS) is 24.2. The van der Waals surface area contributed by atoms with Gasteiger partial charge in [0, 0.05) is 24.3 Å². The van der Waals surface area contributed by atoms with Crippen LogP contribution in [0.1, 0.15) is 35.6 Å². The molecular weight excluding hydrogens is 296 g/mol. The zero-order valence-corrected chi connectivity index (χ0v) is 13.3. The van der Waals surface area contributed by atoms with Gasteiger partial charge in [0.2, 0.25) is 10.0 Å². The van der Waals surface area contributed by atoms with E-state index < -0.39 is 16.0 Å². The smallest absolute Gasteiger partial charge is 0.352 e. The lowest BCUT2D eigenvalue weighted by molar-refractivity contribution is -0.0441. The van der Waals surface area contributed by atoms with E-state index in [2.05, 4.69) is 4.98 Å². The second-order valence-corrected chi connectivity index (χ2v) is 7.34. The quantitative estimate of drug-likeness (QED) is 0.870. The van der Waals surface area contributed by atoms with Crippen molar-refractivity contribution < 1.29 is 23.1 Å². The number of nitrogens with zero attached hydrogens (tertiary/aromatic N) is 1. The number of carboxylic acids is 1. The van der Waals surface area contributed by atoms with E-state index in [0.29, 0.717) is 5.69 Å². The van der Waals surface area contributed by atoms with Gasteiger partial charge in [0.05, 0.1) is 12.2 Å². The Hall–Kier alpha value is -1.38. The molecule has 0 amide bonds. The molecular formula is C13H20N2O5S. The maximum atomic E-state index is 12.8. The molecule has 1 aliphatic rings. The lowest BCUT2D eigenvalue weighted by Gasteiger charge is -2.34. The van der Waals surface area contributed by atoms with Gasteiger partial charge in [-0.2, -0.15) is 4.31 Å². The van der Waals surface area contributed by atoms with Gasteiger partial charge in [-0.05, 0) is 27.7 Å². The maximum Gasteiger partial charge on any atom is 0.352 e. The van der Waals surface area contributed by atoms with E-state index in [0.717, 1.165) is 0 Å². The van der Waals surface area contributed by atoms with Crippen molar-refractivity contribution in [3.05, 3.63) is 17.0 Å². The Bertz CT molecular complexity index is 654. The number of morpholine rings is 1. The predicted molar refractivity (Wildman–Crippen MR) is 76.0 cm³/mol. The monoisotopic (exact) mass is 316 g/mol. The SMILES string of the molecule is Cc1[nH]c(C(=O)O)c(C)c1S(=O)(=O)N1C[C@@H](C)O[C@@H](C)C1. The minimum Gasteiger partial charge on any atom is -0.477 e. The van der Waals surface area contributed by atoms with E-state index in [1.807, 2.05) is 13.8 Å². The van der Waals surface area contributed by atoms with Crippen molar-refractivity contribution in [2.75, 3.05) is 13.1 Å². The van der Waals surface area contributed by atoms with Crippen LogP contribution in [0.15, 0.2) is 4.90 Å². The highest BCUT2D eigenvalue weighted by molar-refractivity contribution is 7.89. The van der Waals surface area contributed by atoms with Crippen molar-refractivity contribution in [3.63, 3.8) is 0 Å². The Labute approximate surface area is 124 Å². The molecule has 0 radical (unpaired) electrons. The van der Waals surface area contributed by atoms with Crippen molar-refractivity contribution >= 4 is 16.0 Å². The number of hydrogen-bond acceptors (Lipinski definition) is 4. The minimum absolute atomic E-state index is 0.0567. The van der Waals surface area contributed by atoms with Gasteiger partial charge in [-0.1, -0.05) is 0 Å². The van der Waals surface area contributed by atoms with Gasteiger partial charge in [0.25, 0.3) is 0 Å². The Morgan fingerprint density at radius 2 is 1.81 bits per heavy atom. The van der Waals surface area contributed by atoms with E-state index in [1.165, 1.54) is 11.2 Å². The topological polar surface area (TPSA) is 99.7 Å². The first kappa shape index (κ1) is 16.0. The number of carboxylic acid groups (broad SMARTS) is 1. The van der Waals surface area contributed by atoms with Crippen LogP contribution in [-0.2, 0) is 14.8 Å². The highest BCUT2D eigenvalue weighted by atomic mass is 32.2. The zero-order chi connectivity index (χ0) is 15.9. The Balaban J connectivity index is 2.47. The van der Waals surface area contributed by atoms with Gasteiger partial charge in [-0.3, -0.25) is 0 Å². The molecule has 0 aromatic carbocycles. The fourth-order valence-electron chi connectivity index (χ4n) is 2.79. The number of ether oxygens (including phenoxy) is 1. The fraction of sp³-hybridized carbons (Fsp3) is 0.615. The highest BCUT2D eigenvalue weighted by Crippen LogP contribution is 2.28. The molecule has 1 saturated heterocycles. The van der Waals surface area contributed by atoms with E-state index in [1.54, 1.807) is 6.92 Å². The number of H-pyrrole nitrogens is 1. The Morgan fingerprint density at radius 3 is 2.24 bits per heavy atom. The summed E-state index contributed by atoms with van der Waals surface area (Å²) in [6.45, 7) is 7.24. The summed E-state index contributed by atoms with van der Waals surface area (Å²) in [5.74, 6) is -1.17. The number of rotatable bonds is 3. The fourth-order valence-corrected chi connectivity index (χ4v) is 4.79. The summed E-state index contributed by atoms with van der Waals surface area (Å²) in [5, 5.41) is 9.10. The number of nitrogens with one attached hydrogen (secondary N) is 1. The zero-order valence-electron chi connectivity index (χ0n) is 12.5. The second kappa shape index (κ2) is 5.43. The summed E-state index contributed by atoms with van der Waals surface area (Å²) < 4.78 is 32.5. The van der Waals surface area contributed by atoms with Crippen LogP contribution in [-0.4, -0.2) is 54.1 Å². The summed E-state index contributed by atoms with van der Waals surface area (Å²) in [4.78, 5) is 13.8. The van der Waals surface area contributed by atoms with Crippen molar-refractivity contribution in [1.82, 2.24) is 9.29 Å². The summed E-state index contributed by atoms with van der Waals surface area (Å²) in [6.07, 6.45) is -0.385. The molecule has 2 heterocycles. The van der Waals surface area contributed by atoms with Crippen LogP contribution in [0, 0.1) is 13.8 Å². The predicted octanol–water partition coefficient (Wildman–Crippen LogP) is 1.13. The van der Waals surface area contributed by atoms with E-state index >= 15 is 0 Å². The average molecular weight is 316 g/mol. The average Bonchev–Trinajstić information content (AvgIpc) is 2.64. The Morgan fingerprint density at radius 1 is 1.29 bits per heavy atom. The number of aromatic carboxylic acids is 1. The van der Waals surface area contributed by atoms with Crippen molar-refractivity contribution in [2.45, 2.75) is 44.8 Å². The molecule has 1 aromatic rings. The van der Waals surface area contributed by atoms with Crippen LogP contribution >= 0.6 is 0 Å². The molecule has 0 bridgehead atoms. The largest absolute Gasteiger partial charge is 0.477 e. The molecule has 0 spiro atoms. The summed E-state index contributed by atoms with van der Waals surface area (Å²) in [6, 6.07) is 0. The molecule has 1 fully saturated rings. The van der Waals surface area contributed by atoms with Gasteiger partial charge in [-0.15, -0.1) is 0 Å². The van der Waals surface area contributed by atoms with Gasteiger partial charge in [-0.25, -0.2) is 13.2 Å². The number of sulfonamides is 1. The van der Waals surface area contributed by atoms with Crippen LogP contribution in [0.5, 0.6) is 0 Å². The first-order valence-electron chi connectivity index (χ1n) is 6.72. The van der Waals surface area contributed by atoms with Gasteiger partial charge in [0.1, 0.15) is 10.6 Å². The third kappa shape index (κ3) is 2.83. The third-order valence-electron chi connectivity index (χ3n) is 3.57. The van der Waals surface area contributed by atoms with E-state index in [-0.39, 0.29) is 41.5 Å². The standard InChI is InChI=1S/C13H20N2O5S/c1-7-5-15(6-8(2)20-7)21(18,19)12-9(3)11(13(16)17)14-10(12)4/h7-8,14H,5-6H2,1-4H3,(H,16,17)/t7-,8+. The minimum atomic E-state index is -3.74. The van der Waals surface area contributed by atoms with Gasteiger partial charge >= 0.3 is 5.97 Å². The number of aryl methyl sites for hydroxylation is 1. The molecule has 1 aliphatic heterocycles. The molecule has 8 heteroatoms. The molecule has 2 N–H and O–H groups in total. The molecule has 0 aliphatic carbocycles. The highest BCUT2D eigenvalue weighted by Gasteiger charge is 2.36. The molecule has 0 unspecified atom stereocenters. The summed E-state index contributed by atoms with van der Waals surface area (Å²) in [7, 11) is -3.74. The third-order valence-corrected chi connectivity index (χ3v) is 5.67. The molecule has 7 nitrogen and oxygen atoms in total. The first-order valence-corrected chi connectivity index (χ1v) is 8.16. The Kier molecular flexibility index (Phi) is 4.14. The van der Waals surface area contributed by atoms with Crippen molar-refractivity contribution in [1.29, 1.82) is 0 Å². The number of aromatic amines is 1. The van der Waals surface area contributed by atoms with Crippen molar-refractivity contribution in [3.8, 4) is 0 Å². The van der Waals surface area contributed by atoms with E-state index in [9.17, 15) is 13.2 Å². The number of carbonyl (C=O) groups is 1. The molecule has 21 heavy (non-hydrogen) atoms. The number of aromatic nitrogens is 1. The van der Waals surface area contributed by atoms with Crippen LogP contribution in [0.25, 0.3) is 0 Å². The van der Waals surface area contributed by atoms with Gasteiger partial charge in [0.15, 0.2) is 0 Å². The van der Waals surface area contributed by atoms with Crippen molar-refractivity contribution in [2.24, 2.45) is 0 Å². The summed E-state index contributed by atoms with van der Waals surface area (Å²) in [5.41, 5.74) is 0.504. The molecule has 0 saturated carbocycles. The number of hydrogen-bond donors (Lipinski definition) is 2.